The SMILES string of the molecule is CCCC[NH3+].CCCC[NH3+].O=C([O-])/C=C\C=C/C(=O)[O-]. The van der Waals surface area contributed by atoms with Crippen LogP contribution in [0.5, 0.6) is 0 Å². The maximum atomic E-state index is 9.65. The molecule has 0 rings (SSSR count). The van der Waals surface area contributed by atoms with E-state index >= 15 is 0 Å². The highest BCUT2D eigenvalue weighted by atomic mass is 16.4. The topological polar surface area (TPSA) is 136 Å². The second-order valence-electron chi connectivity index (χ2n) is 3.77. The van der Waals surface area contributed by atoms with Crippen molar-refractivity contribution in [1.29, 1.82) is 0 Å². The summed E-state index contributed by atoms with van der Waals surface area (Å²) < 4.78 is 0. The van der Waals surface area contributed by atoms with Crippen LogP contribution in [0.3, 0.4) is 0 Å². The molecule has 0 saturated heterocycles. The van der Waals surface area contributed by atoms with Crippen LogP contribution in [-0.4, -0.2) is 25.0 Å². The van der Waals surface area contributed by atoms with Gasteiger partial charge >= 0.3 is 0 Å². The first kappa shape index (κ1) is 23.4. The van der Waals surface area contributed by atoms with E-state index in [0.29, 0.717) is 12.2 Å². The highest BCUT2D eigenvalue weighted by Gasteiger charge is 1.72. The van der Waals surface area contributed by atoms with E-state index in [1.54, 1.807) is 0 Å². The molecule has 6 heteroatoms. The molecular weight excluding hydrogens is 260 g/mol. The van der Waals surface area contributed by atoms with Crippen molar-refractivity contribution >= 4 is 11.9 Å². The van der Waals surface area contributed by atoms with Crippen molar-refractivity contribution in [3.05, 3.63) is 24.3 Å². The molecule has 118 valence electrons. The summed E-state index contributed by atoms with van der Waals surface area (Å²) in [7, 11) is 0. The number of unbranched alkanes of at least 4 members (excludes halogenated alkanes) is 2. The predicted molar refractivity (Wildman–Crippen MR) is 73.6 cm³/mol. The smallest absolute Gasteiger partial charge is 0.0739 e. The molecule has 6 nitrogen and oxygen atoms in total. The molecule has 0 unspecified atom stereocenters. The summed E-state index contributed by atoms with van der Waals surface area (Å²) in [4.78, 5) is 19.3. The van der Waals surface area contributed by atoms with Crippen molar-refractivity contribution in [2.75, 3.05) is 13.1 Å². The number of hydrogen-bond donors (Lipinski definition) is 2. The van der Waals surface area contributed by atoms with Crippen LogP contribution in [0.2, 0.25) is 0 Å². The Bertz CT molecular complexity index is 244. The molecule has 0 amide bonds. The molecule has 0 radical (unpaired) electrons. The summed E-state index contributed by atoms with van der Waals surface area (Å²) >= 11 is 0. The molecule has 0 aliphatic rings. The minimum absolute atomic E-state index is 0.708. The Kier molecular flexibility index (Phi) is 26.4. The van der Waals surface area contributed by atoms with Gasteiger partial charge in [0.15, 0.2) is 0 Å². The molecule has 0 aliphatic heterocycles. The quantitative estimate of drug-likeness (QED) is 0.400. The molecule has 0 fully saturated rings. The predicted octanol–water partition coefficient (Wildman–Crippen LogP) is -2.34. The zero-order chi connectivity index (χ0) is 16.2. The second-order valence-corrected chi connectivity index (χ2v) is 3.77. The maximum Gasteiger partial charge on any atom is 0.0739 e. The fourth-order valence-corrected chi connectivity index (χ4v) is 0.768. The Morgan fingerprint density at radius 2 is 1.15 bits per heavy atom. The van der Waals surface area contributed by atoms with Crippen LogP contribution in [-0.2, 0) is 9.59 Å². The Labute approximate surface area is 121 Å². The van der Waals surface area contributed by atoms with Gasteiger partial charge in [0.2, 0.25) is 0 Å². The van der Waals surface area contributed by atoms with Gasteiger partial charge in [0, 0.05) is 0 Å². The van der Waals surface area contributed by atoms with E-state index in [2.05, 4.69) is 25.3 Å². The minimum atomic E-state index is -1.37. The summed E-state index contributed by atoms with van der Waals surface area (Å²) in [6, 6.07) is 0. The molecule has 0 atom stereocenters. The van der Waals surface area contributed by atoms with E-state index in [-0.39, 0.29) is 0 Å². The van der Waals surface area contributed by atoms with Crippen LogP contribution >= 0.6 is 0 Å². The van der Waals surface area contributed by atoms with E-state index < -0.39 is 11.9 Å². The molecule has 0 aliphatic carbocycles. The Morgan fingerprint density at radius 1 is 0.850 bits per heavy atom. The summed E-state index contributed by atoms with van der Waals surface area (Å²) in [5, 5.41) is 19.3. The molecule has 0 heterocycles. The van der Waals surface area contributed by atoms with Crippen LogP contribution in [0.15, 0.2) is 24.3 Å². The molecule has 0 saturated carbocycles. The van der Waals surface area contributed by atoms with Gasteiger partial charge in [0.05, 0.1) is 25.0 Å². The number of carbonyl (C=O) groups is 2. The lowest BCUT2D eigenvalue weighted by Crippen LogP contribution is -2.49. The zero-order valence-electron chi connectivity index (χ0n) is 12.6. The van der Waals surface area contributed by atoms with Crippen LogP contribution in [0.25, 0.3) is 0 Å². The summed E-state index contributed by atoms with van der Waals surface area (Å²) in [6.07, 6.45) is 8.60. The van der Waals surface area contributed by atoms with Crippen LogP contribution in [0.1, 0.15) is 39.5 Å². The minimum Gasteiger partial charge on any atom is -0.545 e. The number of carboxylic acids is 2. The average molecular weight is 288 g/mol. The fourth-order valence-electron chi connectivity index (χ4n) is 0.768. The lowest BCUT2D eigenvalue weighted by Gasteiger charge is -1.88. The third-order valence-electron chi connectivity index (χ3n) is 1.78. The summed E-state index contributed by atoms with van der Waals surface area (Å²) in [5.74, 6) is -2.74. The van der Waals surface area contributed by atoms with Crippen LogP contribution in [0, 0.1) is 0 Å². The normalized spacial score (nSPS) is 9.60. The van der Waals surface area contributed by atoms with Crippen LogP contribution < -0.4 is 21.7 Å². The summed E-state index contributed by atoms with van der Waals surface area (Å²) in [5.41, 5.74) is 7.35. The molecule has 0 aromatic heterocycles. The van der Waals surface area contributed by atoms with Crippen molar-refractivity contribution in [2.24, 2.45) is 0 Å². The maximum absolute atomic E-state index is 9.65. The number of aliphatic carboxylic acids is 2. The lowest BCUT2D eigenvalue weighted by atomic mass is 10.3. The van der Waals surface area contributed by atoms with Crippen molar-refractivity contribution in [3.63, 3.8) is 0 Å². The first-order valence-corrected chi connectivity index (χ1v) is 6.81. The van der Waals surface area contributed by atoms with Gasteiger partial charge in [-0.1, -0.05) is 38.8 Å². The molecule has 0 spiro atoms. The average Bonchev–Trinajstić information content (AvgIpc) is 2.38. The first-order chi connectivity index (χ1) is 9.45. The van der Waals surface area contributed by atoms with Gasteiger partial charge in [-0.15, -0.1) is 0 Å². The first-order valence-electron chi connectivity index (χ1n) is 6.81. The highest BCUT2D eigenvalue weighted by molar-refractivity contribution is 5.80. The second kappa shape index (κ2) is 22.5. The van der Waals surface area contributed by atoms with Crippen molar-refractivity contribution in [2.45, 2.75) is 39.5 Å². The Hall–Kier alpha value is -1.66. The largest absolute Gasteiger partial charge is 0.545 e. The van der Waals surface area contributed by atoms with Crippen molar-refractivity contribution in [1.82, 2.24) is 0 Å². The third-order valence-corrected chi connectivity index (χ3v) is 1.78. The fraction of sp³-hybridized carbons (Fsp3) is 0.571. The van der Waals surface area contributed by atoms with Crippen molar-refractivity contribution < 1.29 is 31.3 Å². The number of hydrogen-bond acceptors (Lipinski definition) is 4. The highest BCUT2D eigenvalue weighted by Crippen LogP contribution is 1.76. The third kappa shape index (κ3) is 44.1. The molecule has 0 aromatic carbocycles. The molecule has 0 bridgehead atoms. The van der Waals surface area contributed by atoms with Crippen molar-refractivity contribution in [3.8, 4) is 0 Å². The number of carboxylic acid groups (broad SMARTS) is 2. The molecule has 6 N–H and O–H groups in total. The van der Waals surface area contributed by atoms with Gasteiger partial charge in [0.1, 0.15) is 0 Å². The van der Waals surface area contributed by atoms with Crippen LogP contribution in [0.4, 0.5) is 0 Å². The van der Waals surface area contributed by atoms with Gasteiger partial charge in [-0.2, -0.15) is 0 Å². The van der Waals surface area contributed by atoms with Gasteiger partial charge < -0.3 is 31.3 Å². The van der Waals surface area contributed by atoms with Gasteiger partial charge in [0.25, 0.3) is 0 Å². The monoisotopic (exact) mass is 288 g/mol. The molecule has 0 aromatic rings. The molecular formula is C14H28N2O4. The zero-order valence-corrected chi connectivity index (χ0v) is 12.6. The lowest BCUT2D eigenvalue weighted by molar-refractivity contribution is -0.368. The van der Waals surface area contributed by atoms with Gasteiger partial charge in [-0.3, -0.25) is 0 Å². The van der Waals surface area contributed by atoms with Gasteiger partial charge in [-0.05, 0) is 25.0 Å². The Morgan fingerprint density at radius 3 is 1.25 bits per heavy atom. The summed E-state index contributed by atoms with van der Waals surface area (Å²) in [6.45, 7) is 6.53. The number of carbonyl (C=O) groups excluding carboxylic acids is 2. The number of quaternary nitrogens is 2. The van der Waals surface area contributed by atoms with Gasteiger partial charge in [-0.25, -0.2) is 0 Å². The van der Waals surface area contributed by atoms with E-state index in [1.807, 2.05) is 0 Å². The van der Waals surface area contributed by atoms with E-state index in [4.69, 9.17) is 0 Å². The van der Waals surface area contributed by atoms with E-state index in [9.17, 15) is 19.8 Å². The number of allylic oxidation sites excluding steroid dienone is 2. The molecule has 20 heavy (non-hydrogen) atoms. The van der Waals surface area contributed by atoms with E-state index in [1.165, 1.54) is 25.7 Å². The number of rotatable bonds is 7. The van der Waals surface area contributed by atoms with E-state index in [0.717, 1.165) is 25.2 Å². The standard InChI is InChI=1S/C6H6O4.2C4H11N/c7-5(8)3-1-2-4-6(9)10;2*1-2-3-4-5/h1-4H,(H,7,8)(H,9,10);2*2-5H2,1H3/b3-1-,4-2-;;. The Balaban J connectivity index is -0.000000244.